The number of halogens is 1. The molecule has 0 unspecified atom stereocenters. The first-order valence-corrected chi connectivity index (χ1v) is 10.5. The van der Waals surface area contributed by atoms with Crippen LogP contribution in [0.3, 0.4) is 0 Å². The molecule has 3 rings (SSSR count). The van der Waals surface area contributed by atoms with Gasteiger partial charge >= 0.3 is 0 Å². The summed E-state index contributed by atoms with van der Waals surface area (Å²) in [5.74, 6) is 1.04. The Bertz CT molecular complexity index is 956. The molecular formula is C20H21BrN4OS. The van der Waals surface area contributed by atoms with Crippen LogP contribution in [-0.4, -0.2) is 26.4 Å². The monoisotopic (exact) mass is 444 g/mol. The Morgan fingerprint density at radius 1 is 1.11 bits per heavy atom. The van der Waals surface area contributed by atoms with Crippen LogP contribution in [0.25, 0.3) is 11.4 Å². The number of thioether (sulfide) groups is 1. The van der Waals surface area contributed by atoms with Crippen LogP contribution in [0.4, 0.5) is 5.69 Å². The Labute approximate surface area is 171 Å². The van der Waals surface area contributed by atoms with Crippen LogP contribution in [0.1, 0.15) is 18.1 Å². The molecular weight excluding hydrogens is 424 g/mol. The van der Waals surface area contributed by atoms with Crippen molar-refractivity contribution in [1.82, 2.24) is 14.8 Å². The minimum absolute atomic E-state index is 0.0586. The highest BCUT2D eigenvalue weighted by molar-refractivity contribution is 9.10. The summed E-state index contributed by atoms with van der Waals surface area (Å²) in [4.78, 5) is 12.4. The molecule has 0 aliphatic carbocycles. The molecule has 1 aromatic heterocycles. The summed E-state index contributed by atoms with van der Waals surface area (Å²) in [6.45, 7) is 6.82. The molecule has 1 heterocycles. The van der Waals surface area contributed by atoms with E-state index in [-0.39, 0.29) is 11.7 Å². The molecule has 3 aromatic rings. The molecule has 5 nitrogen and oxygen atoms in total. The van der Waals surface area contributed by atoms with E-state index in [0.717, 1.165) is 44.4 Å². The van der Waals surface area contributed by atoms with Crippen LogP contribution in [-0.2, 0) is 11.3 Å². The quantitative estimate of drug-likeness (QED) is 0.538. The number of rotatable bonds is 6. The fraction of sp³-hybridized carbons (Fsp3) is 0.250. The van der Waals surface area contributed by atoms with Crippen molar-refractivity contribution in [2.24, 2.45) is 0 Å². The van der Waals surface area contributed by atoms with Gasteiger partial charge in [0, 0.05) is 22.3 Å². The Balaban J connectivity index is 1.69. The number of carbonyl (C=O) groups is 1. The van der Waals surface area contributed by atoms with Crippen molar-refractivity contribution >= 4 is 39.3 Å². The van der Waals surface area contributed by atoms with Gasteiger partial charge < -0.3 is 9.88 Å². The summed E-state index contributed by atoms with van der Waals surface area (Å²) < 4.78 is 3.07. The standard InChI is InChI=1S/C20H21BrN4OS/c1-4-25-19(15-8-6-5-7-9-15)23-24-20(25)27-12-18(26)22-17-11-10-16(21)13(2)14(17)3/h5-11H,4,12H2,1-3H3,(H,22,26). The maximum absolute atomic E-state index is 12.4. The summed E-state index contributed by atoms with van der Waals surface area (Å²) in [6, 6.07) is 13.8. The van der Waals surface area contributed by atoms with E-state index in [1.165, 1.54) is 11.8 Å². The lowest BCUT2D eigenvalue weighted by Gasteiger charge is -2.12. The van der Waals surface area contributed by atoms with Crippen molar-refractivity contribution in [2.75, 3.05) is 11.1 Å². The van der Waals surface area contributed by atoms with Gasteiger partial charge in [0.25, 0.3) is 0 Å². The highest BCUT2D eigenvalue weighted by atomic mass is 79.9. The molecule has 27 heavy (non-hydrogen) atoms. The van der Waals surface area contributed by atoms with Crippen molar-refractivity contribution in [2.45, 2.75) is 32.5 Å². The summed E-state index contributed by atoms with van der Waals surface area (Å²) in [7, 11) is 0. The van der Waals surface area contributed by atoms with Crippen molar-refractivity contribution in [3.8, 4) is 11.4 Å². The summed E-state index contributed by atoms with van der Waals surface area (Å²) in [6.07, 6.45) is 0. The second-order valence-electron chi connectivity index (χ2n) is 6.10. The lowest BCUT2D eigenvalue weighted by atomic mass is 10.1. The zero-order valence-electron chi connectivity index (χ0n) is 15.5. The number of amides is 1. The molecule has 0 aliphatic heterocycles. The van der Waals surface area contributed by atoms with Crippen molar-refractivity contribution in [3.05, 3.63) is 58.1 Å². The van der Waals surface area contributed by atoms with Crippen molar-refractivity contribution < 1.29 is 4.79 Å². The minimum atomic E-state index is -0.0586. The number of hydrogen-bond donors (Lipinski definition) is 1. The van der Waals surface area contributed by atoms with E-state index in [1.807, 2.05) is 67.8 Å². The van der Waals surface area contributed by atoms with Gasteiger partial charge in [-0.1, -0.05) is 58.0 Å². The third-order valence-electron chi connectivity index (χ3n) is 4.39. The van der Waals surface area contributed by atoms with E-state index >= 15 is 0 Å². The largest absolute Gasteiger partial charge is 0.325 e. The molecule has 1 amide bonds. The van der Waals surface area contributed by atoms with E-state index in [1.54, 1.807) is 0 Å². The lowest BCUT2D eigenvalue weighted by Crippen LogP contribution is -2.15. The number of aromatic nitrogens is 3. The molecule has 0 spiro atoms. The fourth-order valence-electron chi connectivity index (χ4n) is 2.72. The molecule has 140 valence electrons. The summed E-state index contributed by atoms with van der Waals surface area (Å²) in [5, 5.41) is 12.3. The van der Waals surface area contributed by atoms with Gasteiger partial charge in [-0.3, -0.25) is 4.79 Å². The van der Waals surface area contributed by atoms with Crippen LogP contribution in [0, 0.1) is 13.8 Å². The highest BCUT2D eigenvalue weighted by Gasteiger charge is 2.15. The van der Waals surface area contributed by atoms with Gasteiger partial charge in [0.2, 0.25) is 5.91 Å². The van der Waals surface area contributed by atoms with E-state index < -0.39 is 0 Å². The normalized spacial score (nSPS) is 10.8. The number of nitrogens with one attached hydrogen (secondary N) is 1. The van der Waals surface area contributed by atoms with Crippen molar-refractivity contribution in [1.29, 1.82) is 0 Å². The molecule has 7 heteroatoms. The highest BCUT2D eigenvalue weighted by Crippen LogP contribution is 2.27. The minimum Gasteiger partial charge on any atom is -0.325 e. The molecule has 0 saturated heterocycles. The van der Waals surface area contributed by atoms with Crippen molar-refractivity contribution in [3.63, 3.8) is 0 Å². The Hall–Kier alpha value is -2.12. The fourth-order valence-corrected chi connectivity index (χ4v) is 3.95. The first kappa shape index (κ1) is 19.6. The van der Waals surface area contributed by atoms with Crippen LogP contribution in [0.2, 0.25) is 0 Å². The number of nitrogens with zero attached hydrogens (tertiary/aromatic N) is 3. The SMILES string of the molecule is CCn1c(SCC(=O)Nc2ccc(Br)c(C)c2C)nnc1-c1ccccc1. The molecule has 1 N–H and O–H groups in total. The van der Waals surface area contributed by atoms with Gasteiger partial charge in [0.15, 0.2) is 11.0 Å². The number of anilines is 1. The average molecular weight is 445 g/mol. The van der Waals surface area contributed by atoms with Gasteiger partial charge in [-0.25, -0.2) is 0 Å². The Kier molecular flexibility index (Phi) is 6.34. The Morgan fingerprint density at radius 2 is 1.85 bits per heavy atom. The molecule has 0 fully saturated rings. The van der Waals surface area contributed by atoms with Crippen LogP contribution < -0.4 is 5.32 Å². The second-order valence-corrected chi connectivity index (χ2v) is 7.90. The molecule has 0 saturated carbocycles. The zero-order valence-corrected chi connectivity index (χ0v) is 17.9. The number of carbonyl (C=O) groups excluding carboxylic acids is 1. The predicted molar refractivity (Wildman–Crippen MR) is 114 cm³/mol. The first-order chi connectivity index (χ1) is 13.0. The predicted octanol–water partition coefficient (Wildman–Crippen LogP) is 5.08. The van der Waals surface area contributed by atoms with Gasteiger partial charge in [-0.2, -0.15) is 0 Å². The summed E-state index contributed by atoms with van der Waals surface area (Å²) >= 11 is 4.91. The third-order valence-corrected chi connectivity index (χ3v) is 6.22. The molecule has 0 bridgehead atoms. The van der Waals surface area contributed by atoms with Gasteiger partial charge in [0.1, 0.15) is 0 Å². The molecule has 0 radical (unpaired) electrons. The van der Waals surface area contributed by atoms with E-state index in [0.29, 0.717) is 0 Å². The first-order valence-electron chi connectivity index (χ1n) is 8.68. The Morgan fingerprint density at radius 3 is 2.56 bits per heavy atom. The van der Waals surface area contributed by atoms with Crippen LogP contribution in [0.5, 0.6) is 0 Å². The van der Waals surface area contributed by atoms with Gasteiger partial charge in [-0.05, 0) is 44.0 Å². The zero-order chi connectivity index (χ0) is 19.4. The smallest absolute Gasteiger partial charge is 0.234 e. The number of hydrogen-bond acceptors (Lipinski definition) is 4. The van der Waals surface area contributed by atoms with Gasteiger partial charge in [-0.15, -0.1) is 10.2 Å². The molecule has 2 aromatic carbocycles. The maximum atomic E-state index is 12.4. The average Bonchev–Trinajstić information content (AvgIpc) is 3.10. The second kappa shape index (κ2) is 8.71. The van der Waals surface area contributed by atoms with E-state index in [2.05, 4.69) is 31.4 Å². The van der Waals surface area contributed by atoms with E-state index in [4.69, 9.17) is 0 Å². The molecule has 0 atom stereocenters. The van der Waals surface area contributed by atoms with Crippen LogP contribution in [0.15, 0.2) is 52.1 Å². The summed E-state index contributed by atoms with van der Waals surface area (Å²) in [5.41, 5.74) is 4.04. The van der Waals surface area contributed by atoms with E-state index in [9.17, 15) is 4.79 Å². The molecule has 0 aliphatic rings. The maximum Gasteiger partial charge on any atom is 0.234 e. The van der Waals surface area contributed by atoms with Crippen LogP contribution >= 0.6 is 27.7 Å². The van der Waals surface area contributed by atoms with Gasteiger partial charge in [0.05, 0.1) is 5.75 Å². The third kappa shape index (κ3) is 4.42. The topological polar surface area (TPSA) is 59.8 Å². The number of benzene rings is 2. The lowest BCUT2D eigenvalue weighted by molar-refractivity contribution is -0.113.